The van der Waals surface area contributed by atoms with Gasteiger partial charge in [0, 0.05) is 38.7 Å². The highest BCUT2D eigenvalue weighted by atomic mass is 15.3. The topological polar surface area (TPSA) is 58.3 Å². The molecule has 0 atom stereocenters. The largest absolute Gasteiger partial charge is 0.357 e. The Morgan fingerprint density at radius 1 is 1.07 bits per heavy atom. The number of hydrogen-bond acceptors (Lipinski definition) is 3. The second-order valence-corrected chi connectivity index (χ2v) is 6.88. The van der Waals surface area contributed by atoms with Gasteiger partial charge in [0.15, 0.2) is 5.96 Å². The summed E-state index contributed by atoms with van der Waals surface area (Å²) in [5.74, 6) is 2.68. The first-order valence-electron chi connectivity index (χ1n) is 9.57. The van der Waals surface area contributed by atoms with Gasteiger partial charge >= 0.3 is 0 Å². The van der Waals surface area contributed by atoms with Crippen molar-refractivity contribution in [2.24, 2.45) is 4.99 Å². The molecule has 1 N–H and O–H groups in total. The van der Waals surface area contributed by atoms with Crippen LogP contribution in [-0.2, 0) is 13.1 Å². The fraction of sp³-hybridized carbons (Fsp3) is 0.318. The molecule has 0 aliphatic carbocycles. The molecule has 2 aromatic heterocycles. The summed E-state index contributed by atoms with van der Waals surface area (Å²) in [6.07, 6.45) is 5.57. The molecule has 0 amide bonds. The van der Waals surface area contributed by atoms with Crippen molar-refractivity contribution in [3.8, 4) is 5.82 Å². The average molecular weight is 377 g/mol. The van der Waals surface area contributed by atoms with E-state index in [-0.39, 0.29) is 0 Å². The summed E-state index contributed by atoms with van der Waals surface area (Å²) in [6, 6.07) is 12.7. The van der Waals surface area contributed by atoms with E-state index in [2.05, 4.69) is 71.4 Å². The van der Waals surface area contributed by atoms with Crippen LogP contribution in [-0.4, -0.2) is 39.0 Å². The summed E-state index contributed by atoms with van der Waals surface area (Å²) in [6.45, 7) is 8.37. The van der Waals surface area contributed by atoms with Gasteiger partial charge in [0.25, 0.3) is 0 Å². The maximum Gasteiger partial charge on any atom is 0.194 e. The molecule has 0 bridgehead atoms. The standard InChI is InChI=1S/C22H28N6/c1-5-23-22(27(4)16-19-8-6-17(2)7-9-19)26-15-20-10-11-21(25-14-20)28-13-12-24-18(28)3/h6-14H,5,15-16H2,1-4H3,(H,23,26). The van der Waals surface area contributed by atoms with Gasteiger partial charge in [0.2, 0.25) is 0 Å². The number of benzene rings is 1. The zero-order valence-corrected chi connectivity index (χ0v) is 17.1. The third-order valence-corrected chi connectivity index (χ3v) is 4.53. The van der Waals surface area contributed by atoms with Gasteiger partial charge in [0.1, 0.15) is 11.6 Å². The molecular formula is C22H28N6. The molecule has 0 spiro atoms. The minimum atomic E-state index is 0.580. The van der Waals surface area contributed by atoms with Gasteiger partial charge in [-0.15, -0.1) is 0 Å². The smallest absolute Gasteiger partial charge is 0.194 e. The molecule has 0 radical (unpaired) electrons. The maximum absolute atomic E-state index is 4.78. The number of aromatic nitrogens is 3. The zero-order valence-electron chi connectivity index (χ0n) is 17.1. The summed E-state index contributed by atoms with van der Waals surface area (Å²) in [7, 11) is 2.06. The Labute approximate surface area is 167 Å². The van der Waals surface area contributed by atoms with E-state index in [1.54, 1.807) is 6.20 Å². The number of nitrogens with one attached hydrogen (secondary N) is 1. The second-order valence-electron chi connectivity index (χ2n) is 6.88. The molecule has 0 fully saturated rings. The van der Waals surface area contributed by atoms with E-state index in [0.717, 1.165) is 36.3 Å². The van der Waals surface area contributed by atoms with Gasteiger partial charge in [-0.1, -0.05) is 35.9 Å². The quantitative estimate of drug-likeness (QED) is 0.529. The number of nitrogens with zero attached hydrogens (tertiary/aromatic N) is 5. The van der Waals surface area contributed by atoms with Gasteiger partial charge in [-0.3, -0.25) is 4.57 Å². The van der Waals surface area contributed by atoms with Crippen molar-refractivity contribution in [2.45, 2.75) is 33.9 Å². The summed E-state index contributed by atoms with van der Waals surface area (Å²) >= 11 is 0. The van der Waals surface area contributed by atoms with Crippen molar-refractivity contribution in [1.82, 2.24) is 24.8 Å². The van der Waals surface area contributed by atoms with E-state index in [4.69, 9.17) is 4.99 Å². The van der Waals surface area contributed by atoms with Crippen LogP contribution in [0.3, 0.4) is 0 Å². The molecule has 2 heterocycles. The van der Waals surface area contributed by atoms with E-state index in [9.17, 15) is 0 Å². The fourth-order valence-corrected chi connectivity index (χ4v) is 2.95. The third-order valence-electron chi connectivity index (χ3n) is 4.53. The van der Waals surface area contributed by atoms with Gasteiger partial charge < -0.3 is 10.2 Å². The lowest BCUT2D eigenvalue weighted by Gasteiger charge is -2.22. The minimum absolute atomic E-state index is 0.580. The van der Waals surface area contributed by atoms with E-state index in [1.807, 2.05) is 30.0 Å². The number of hydrogen-bond donors (Lipinski definition) is 1. The molecule has 0 saturated heterocycles. The Morgan fingerprint density at radius 3 is 2.43 bits per heavy atom. The van der Waals surface area contributed by atoms with Gasteiger partial charge in [-0.2, -0.15) is 0 Å². The van der Waals surface area contributed by atoms with Crippen LogP contribution >= 0.6 is 0 Å². The average Bonchev–Trinajstić information content (AvgIpc) is 3.13. The maximum atomic E-state index is 4.78. The normalized spacial score (nSPS) is 11.5. The predicted octanol–water partition coefficient (Wildman–Crippen LogP) is 3.48. The molecule has 6 nitrogen and oxygen atoms in total. The van der Waals surface area contributed by atoms with Crippen LogP contribution < -0.4 is 5.32 Å². The summed E-state index contributed by atoms with van der Waals surface area (Å²) < 4.78 is 1.96. The molecule has 0 unspecified atom stereocenters. The van der Waals surface area contributed by atoms with Crippen LogP contribution in [0.15, 0.2) is 60.0 Å². The Hall–Kier alpha value is -3.15. The Balaban J connectivity index is 1.68. The van der Waals surface area contributed by atoms with Crippen molar-refractivity contribution in [3.05, 3.63) is 77.5 Å². The highest BCUT2D eigenvalue weighted by Crippen LogP contribution is 2.10. The van der Waals surface area contributed by atoms with Crippen LogP contribution in [0.4, 0.5) is 0 Å². The molecule has 0 aliphatic heterocycles. The van der Waals surface area contributed by atoms with E-state index in [1.165, 1.54) is 11.1 Å². The van der Waals surface area contributed by atoms with Crippen molar-refractivity contribution in [1.29, 1.82) is 0 Å². The lowest BCUT2D eigenvalue weighted by atomic mass is 10.1. The fourth-order valence-electron chi connectivity index (χ4n) is 2.95. The minimum Gasteiger partial charge on any atom is -0.357 e. The third kappa shape index (κ3) is 4.97. The Morgan fingerprint density at radius 2 is 1.82 bits per heavy atom. The number of rotatable bonds is 6. The number of guanidine groups is 1. The van der Waals surface area contributed by atoms with E-state index in [0.29, 0.717) is 6.54 Å². The first kappa shape index (κ1) is 19.6. The SMILES string of the molecule is CCNC(=NCc1ccc(-n2ccnc2C)nc1)N(C)Cc1ccc(C)cc1. The van der Waals surface area contributed by atoms with E-state index >= 15 is 0 Å². The monoisotopic (exact) mass is 376 g/mol. The van der Waals surface area contributed by atoms with Crippen molar-refractivity contribution in [2.75, 3.05) is 13.6 Å². The highest BCUT2D eigenvalue weighted by Gasteiger charge is 2.07. The molecule has 0 saturated carbocycles. The summed E-state index contributed by atoms with van der Waals surface area (Å²) in [5.41, 5.74) is 3.61. The van der Waals surface area contributed by atoms with Crippen LogP contribution in [0, 0.1) is 13.8 Å². The van der Waals surface area contributed by atoms with Crippen LogP contribution in [0.2, 0.25) is 0 Å². The highest BCUT2D eigenvalue weighted by molar-refractivity contribution is 5.79. The summed E-state index contributed by atoms with van der Waals surface area (Å²) in [5, 5.41) is 3.37. The molecule has 28 heavy (non-hydrogen) atoms. The molecule has 0 aliphatic rings. The predicted molar refractivity (Wildman–Crippen MR) is 114 cm³/mol. The first-order chi connectivity index (χ1) is 13.6. The first-order valence-corrected chi connectivity index (χ1v) is 9.57. The molecule has 3 aromatic rings. The van der Waals surface area contributed by atoms with Crippen LogP contribution in [0.5, 0.6) is 0 Å². The number of aliphatic imine (C=N–C) groups is 1. The number of pyridine rings is 1. The molecule has 6 heteroatoms. The lowest BCUT2D eigenvalue weighted by Crippen LogP contribution is -2.38. The molecular weight excluding hydrogens is 348 g/mol. The van der Waals surface area contributed by atoms with Gasteiger partial charge in [0.05, 0.1) is 6.54 Å². The van der Waals surface area contributed by atoms with Crippen LogP contribution in [0.25, 0.3) is 5.82 Å². The zero-order chi connectivity index (χ0) is 19.9. The van der Waals surface area contributed by atoms with E-state index < -0.39 is 0 Å². The lowest BCUT2D eigenvalue weighted by molar-refractivity contribution is 0.476. The number of imidazole rings is 1. The Kier molecular flexibility index (Phi) is 6.42. The summed E-state index contributed by atoms with van der Waals surface area (Å²) in [4.78, 5) is 15.7. The molecule has 146 valence electrons. The number of aryl methyl sites for hydroxylation is 2. The molecule has 1 aromatic carbocycles. The van der Waals surface area contributed by atoms with Crippen LogP contribution in [0.1, 0.15) is 29.4 Å². The van der Waals surface area contributed by atoms with Gasteiger partial charge in [-0.25, -0.2) is 15.0 Å². The molecule has 3 rings (SSSR count). The van der Waals surface area contributed by atoms with Crippen molar-refractivity contribution in [3.63, 3.8) is 0 Å². The van der Waals surface area contributed by atoms with Crippen molar-refractivity contribution < 1.29 is 0 Å². The second kappa shape index (κ2) is 9.17. The Bertz CT molecular complexity index is 909. The van der Waals surface area contributed by atoms with Gasteiger partial charge in [-0.05, 0) is 38.0 Å². The van der Waals surface area contributed by atoms with Crippen molar-refractivity contribution >= 4 is 5.96 Å².